The predicted molar refractivity (Wildman–Crippen MR) is 124 cm³/mol. The third kappa shape index (κ3) is 4.62. The highest BCUT2D eigenvalue weighted by molar-refractivity contribution is 7.71. The Morgan fingerprint density at radius 1 is 0.935 bits per heavy atom. The second kappa shape index (κ2) is 9.49. The number of ether oxygens (including phenoxy) is 2. The van der Waals surface area contributed by atoms with Crippen LogP contribution in [0.5, 0.6) is 11.5 Å². The van der Waals surface area contributed by atoms with E-state index >= 15 is 0 Å². The lowest BCUT2D eigenvalue weighted by atomic mass is 10.1. The number of hydrogen-bond acceptors (Lipinski definition) is 5. The minimum Gasteiger partial charge on any atom is -0.496 e. The molecule has 7 heteroatoms. The average molecular weight is 433 g/mol. The Bertz CT molecular complexity index is 1230. The van der Waals surface area contributed by atoms with Crippen LogP contribution in [0, 0.1) is 11.7 Å². The van der Waals surface area contributed by atoms with E-state index in [1.165, 1.54) is 11.1 Å². The van der Waals surface area contributed by atoms with Gasteiger partial charge >= 0.3 is 0 Å². The molecule has 0 spiro atoms. The summed E-state index contributed by atoms with van der Waals surface area (Å²) in [5.74, 6) is 2.20. The van der Waals surface area contributed by atoms with Crippen LogP contribution in [0.4, 0.5) is 0 Å². The number of nitrogens with zero attached hydrogens (tertiary/aromatic N) is 2. The van der Waals surface area contributed by atoms with Crippen molar-refractivity contribution in [3.63, 3.8) is 0 Å². The highest BCUT2D eigenvalue weighted by atomic mass is 32.1. The highest BCUT2D eigenvalue weighted by Crippen LogP contribution is 2.28. The Labute approximate surface area is 186 Å². The maximum absolute atomic E-state index is 6.14. The topological polar surface area (TPSA) is 64.1 Å². The van der Waals surface area contributed by atoms with Crippen LogP contribution in [0.2, 0.25) is 0 Å². The SMILES string of the molecule is COc1ccccc1-c1n[nH]c(=S)n1NCc1ccccc1OCc1ccccc1C. The van der Waals surface area contributed by atoms with Crippen LogP contribution in [-0.4, -0.2) is 22.0 Å². The number of rotatable bonds is 8. The van der Waals surface area contributed by atoms with Crippen LogP contribution in [-0.2, 0) is 13.2 Å². The molecule has 0 aliphatic carbocycles. The van der Waals surface area contributed by atoms with Crippen LogP contribution in [0.3, 0.4) is 0 Å². The molecule has 31 heavy (non-hydrogen) atoms. The molecule has 4 rings (SSSR count). The maximum atomic E-state index is 6.14. The first kappa shape index (κ1) is 20.7. The van der Waals surface area contributed by atoms with E-state index < -0.39 is 0 Å². The van der Waals surface area contributed by atoms with Gasteiger partial charge in [-0.2, -0.15) is 5.10 Å². The van der Waals surface area contributed by atoms with Crippen LogP contribution < -0.4 is 14.9 Å². The summed E-state index contributed by atoms with van der Waals surface area (Å²) in [4.78, 5) is 0. The zero-order valence-electron chi connectivity index (χ0n) is 17.5. The predicted octanol–water partition coefficient (Wildman–Crippen LogP) is 5.25. The molecular formula is C24H24N4O2S. The van der Waals surface area contributed by atoms with Gasteiger partial charge in [-0.25, -0.2) is 9.77 Å². The number of aryl methyl sites for hydroxylation is 1. The van der Waals surface area contributed by atoms with Crippen molar-refractivity contribution in [2.24, 2.45) is 0 Å². The summed E-state index contributed by atoms with van der Waals surface area (Å²) in [5.41, 5.74) is 7.60. The van der Waals surface area contributed by atoms with Crippen molar-refractivity contribution in [1.82, 2.24) is 14.9 Å². The molecule has 0 saturated carbocycles. The lowest BCUT2D eigenvalue weighted by molar-refractivity contribution is 0.302. The molecule has 6 nitrogen and oxygen atoms in total. The number of hydrogen-bond donors (Lipinski definition) is 2. The summed E-state index contributed by atoms with van der Waals surface area (Å²) >= 11 is 5.44. The normalized spacial score (nSPS) is 10.6. The van der Waals surface area contributed by atoms with Crippen LogP contribution >= 0.6 is 12.2 Å². The number of aromatic nitrogens is 3. The van der Waals surface area contributed by atoms with Gasteiger partial charge in [0.25, 0.3) is 0 Å². The third-order valence-corrected chi connectivity index (χ3v) is 5.34. The molecule has 3 aromatic carbocycles. The summed E-state index contributed by atoms with van der Waals surface area (Å²) < 4.78 is 13.8. The van der Waals surface area contributed by atoms with Gasteiger partial charge in [-0.05, 0) is 48.5 Å². The summed E-state index contributed by atoms with van der Waals surface area (Å²) in [5, 5.41) is 7.24. The largest absolute Gasteiger partial charge is 0.496 e. The Morgan fingerprint density at radius 2 is 1.61 bits per heavy atom. The van der Waals surface area contributed by atoms with Gasteiger partial charge in [-0.1, -0.05) is 54.6 Å². The molecule has 2 N–H and O–H groups in total. The molecule has 4 aromatic rings. The molecule has 0 radical (unpaired) electrons. The van der Waals surface area contributed by atoms with Gasteiger partial charge in [0, 0.05) is 5.56 Å². The zero-order chi connectivity index (χ0) is 21.6. The van der Waals surface area contributed by atoms with E-state index in [4.69, 9.17) is 21.7 Å². The fraction of sp³-hybridized carbons (Fsp3) is 0.167. The van der Waals surface area contributed by atoms with Crippen LogP contribution in [0.15, 0.2) is 72.8 Å². The molecule has 0 aliphatic heterocycles. The van der Waals surface area contributed by atoms with E-state index in [-0.39, 0.29) is 0 Å². The van der Waals surface area contributed by atoms with E-state index in [1.54, 1.807) is 11.8 Å². The fourth-order valence-electron chi connectivity index (χ4n) is 3.34. The molecule has 0 amide bonds. The van der Waals surface area contributed by atoms with Gasteiger partial charge in [0.1, 0.15) is 18.1 Å². The number of para-hydroxylation sites is 2. The van der Waals surface area contributed by atoms with E-state index in [1.807, 2.05) is 60.7 Å². The van der Waals surface area contributed by atoms with Gasteiger partial charge < -0.3 is 14.9 Å². The first-order valence-corrected chi connectivity index (χ1v) is 10.4. The van der Waals surface area contributed by atoms with E-state index in [9.17, 15) is 0 Å². The standard InChI is InChI=1S/C24H24N4O2S/c1-17-9-3-4-11-19(17)16-30-21-13-7-5-10-18(21)15-25-28-23(26-27-24(28)31)20-12-6-8-14-22(20)29-2/h3-14,25H,15-16H2,1-2H3,(H,27,31). The summed E-state index contributed by atoms with van der Waals surface area (Å²) in [6.45, 7) is 3.12. The molecule has 1 heterocycles. The van der Waals surface area contributed by atoms with Gasteiger partial charge in [-0.3, -0.25) is 0 Å². The van der Waals surface area contributed by atoms with Gasteiger partial charge in [0.2, 0.25) is 4.77 Å². The van der Waals surface area contributed by atoms with Gasteiger partial charge in [0.15, 0.2) is 5.82 Å². The molecule has 0 saturated heterocycles. The number of aromatic amines is 1. The van der Waals surface area contributed by atoms with Crippen molar-refractivity contribution in [3.05, 3.63) is 94.3 Å². The Hall–Kier alpha value is -3.58. The highest BCUT2D eigenvalue weighted by Gasteiger charge is 2.14. The molecule has 1 aromatic heterocycles. The first-order valence-electron chi connectivity index (χ1n) is 9.97. The third-order valence-electron chi connectivity index (χ3n) is 5.06. The van der Waals surface area contributed by atoms with E-state index in [2.05, 4.69) is 34.7 Å². The van der Waals surface area contributed by atoms with Crippen molar-refractivity contribution >= 4 is 12.2 Å². The number of H-pyrrole nitrogens is 1. The van der Waals surface area contributed by atoms with Gasteiger partial charge in [0.05, 0.1) is 19.2 Å². The number of nitrogens with one attached hydrogen (secondary N) is 2. The smallest absolute Gasteiger partial charge is 0.214 e. The van der Waals surface area contributed by atoms with Crippen molar-refractivity contribution in [2.45, 2.75) is 20.1 Å². The average Bonchev–Trinajstić information content (AvgIpc) is 3.17. The van der Waals surface area contributed by atoms with E-state index in [0.717, 1.165) is 22.6 Å². The number of methoxy groups -OCH3 is 1. The zero-order valence-corrected chi connectivity index (χ0v) is 18.3. The molecule has 158 valence electrons. The Morgan fingerprint density at radius 3 is 2.39 bits per heavy atom. The fourth-order valence-corrected chi connectivity index (χ4v) is 3.53. The van der Waals surface area contributed by atoms with Crippen LogP contribution in [0.1, 0.15) is 16.7 Å². The van der Waals surface area contributed by atoms with Gasteiger partial charge in [-0.15, -0.1) is 0 Å². The Kier molecular flexibility index (Phi) is 6.33. The van der Waals surface area contributed by atoms with E-state index in [0.29, 0.717) is 23.7 Å². The molecule has 0 unspecified atom stereocenters. The monoisotopic (exact) mass is 432 g/mol. The molecule has 0 bridgehead atoms. The lowest BCUT2D eigenvalue weighted by Gasteiger charge is -2.15. The summed E-state index contributed by atoms with van der Waals surface area (Å²) in [7, 11) is 1.64. The minimum atomic E-state index is 0.471. The second-order valence-electron chi connectivity index (χ2n) is 7.05. The molecule has 0 aliphatic rings. The van der Waals surface area contributed by atoms with Crippen LogP contribution in [0.25, 0.3) is 11.4 Å². The minimum absolute atomic E-state index is 0.471. The quantitative estimate of drug-likeness (QED) is 0.373. The molecule has 0 fully saturated rings. The van der Waals surface area contributed by atoms with Crippen molar-refractivity contribution in [2.75, 3.05) is 12.5 Å². The lowest BCUT2D eigenvalue weighted by Crippen LogP contribution is -2.16. The molecular weight excluding hydrogens is 408 g/mol. The Balaban J connectivity index is 1.54. The summed E-state index contributed by atoms with van der Waals surface area (Å²) in [6.07, 6.45) is 0. The van der Waals surface area contributed by atoms with Crippen molar-refractivity contribution < 1.29 is 9.47 Å². The summed E-state index contributed by atoms with van der Waals surface area (Å²) in [6, 6.07) is 23.9. The second-order valence-corrected chi connectivity index (χ2v) is 7.43. The molecule has 0 atom stereocenters. The maximum Gasteiger partial charge on any atom is 0.214 e. The first-order chi connectivity index (χ1) is 15.2. The number of benzene rings is 3. The van der Waals surface area contributed by atoms with Crippen molar-refractivity contribution in [1.29, 1.82) is 0 Å². The van der Waals surface area contributed by atoms with Crippen molar-refractivity contribution in [3.8, 4) is 22.9 Å².